The summed E-state index contributed by atoms with van der Waals surface area (Å²) >= 11 is 0. The fraction of sp³-hybridized carbons (Fsp3) is 1.00. The topological polar surface area (TPSA) is 35.7 Å². The average Bonchev–Trinajstić information content (AvgIpc) is 3.20. The van der Waals surface area contributed by atoms with Crippen molar-refractivity contribution in [3.05, 3.63) is 0 Å². The zero-order chi connectivity index (χ0) is 37.7. The molecule has 0 radical (unpaired) electrons. The van der Waals surface area contributed by atoms with Crippen LogP contribution in [0.5, 0.6) is 0 Å². The third-order valence-electron chi connectivity index (χ3n) is 18.6. The van der Waals surface area contributed by atoms with E-state index in [1.807, 2.05) is 0 Å². The van der Waals surface area contributed by atoms with Crippen LogP contribution < -0.4 is 5.73 Å². The second-order valence-electron chi connectivity index (χ2n) is 22.6. The number of hydrogen-bond donors (Lipinski definition) is 1. The van der Waals surface area contributed by atoms with E-state index in [4.69, 9.17) is 5.73 Å². The molecule has 8 fully saturated rings. The molecule has 0 bridgehead atoms. The van der Waals surface area contributed by atoms with Crippen LogP contribution in [0.25, 0.3) is 0 Å². The first kappa shape index (κ1) is 41.6. The van der Waals surface area contributed by atoms with Crippen LogP contribution in [0.1, 0.15) is 233 Å². The van der Waals surface area contributed by atoms with E-state index in [1.54, 1.807) is 25.7 Å². The summed E-state index contributed by atoms with van der Waals surface area (Å²) in [5, 5.41) is 0. The third-order valence-corrected chi connectivity index (χ3v) is 18.6. The van der Waals surface area contributed by atoms with E-state index in [9.17, 15) is 0 Å². The summed E-state index contributed by atoms with van der Waals surface area (Å²) in [6, 6.07) is 7.97. The molecule has 0 aromatic rings. The fourth-order valence-electron chi connectivity index (χ4n) is 16.0. The molecule has 0 heterocycles. The van der Waals surface area contributed by atoms with Crippen molar-refractivity contribution >= 4 is 0 Å². The lowest BCUT2D eigenvalue weighted by Crippen LogP contribution is -2.58. The van der Waals surface area contributed by atoms with Gasteiger partial charge in [-0.2, -0.15) is 0 Å². The smallest absolute Gasteiger partial charge is 0.0116 e. The lowest BCUT2D eigenvalue weighted by atomic mass is 9.71. The monoisotopic (exact) mass is 761 g/mol. The predicted octanol–water partition coefficient (Wildman–Crippen LogP) is 12.7. The van der Waals surface area contributed by atoms with Crippen molar-refractivity contribution in [1.29, 1.82) is 0 Å². The zero-order valence-corrected chi connectivity index (χ0v) is 36.9. The molecule has 8 rings (SSSR count). The zero-order valence-electron chi connectivity index (χ0n) is 36.9. The average molecular weight is 761 g/mol. The molecule has 0 aliphatic heterocycles. The highest BCUT2D eigenvalue weighted by molar-refractivity contribution is 5.00. The Balaban J connectivity index is 0.963. The largest absolute Gasteiger partial charge is 0.328 e. The molecule has 0 aromatic heterocycles. The molecular formula is C51H92N4. The van der Waals surface area contributed by atoms with E-state index in [-0.39, 0.29) is 0 Å². The first-order valence-corrected chi connectivity index (χ1v) is 26.0. The molecular weight excluding hydrogens is 669 g/mol. The van der Waals surface area contributed by atoms with Crippen molar-refractivity contribution in [3.8, 4) is 0 Å². The Morgan fingerprint density at radius 2 is 0.582 bits per heavy atom. The maximum absolute atomic E-state index is 6.72. The van der Waals surface area contributed by atoms with Crippen LogP contribution in [0.15, 0.2) is 0 Å². The van der Waals surface area contributed by atoms with E-state index in [0.717, 1.165) is 84.0 Å². The molecule has 8 atom stereocenters. The Morgan fingerprint density at radius 1 is 0.273 bits per heavy atom. The van der Waals surface area contributed by atoms with Gasteiger partial charge in [0, 0.05) is 60.4 Å². The fourth-order valence-corrected chi connectivity index (χ4v) is 16.0. The number of nitrogens with zero attached hydrogens (tertiary/aromatic N) is 3. The minimum Gasteiger partial charge on any atom is -0.328 e. The lowest BCUT2D eigenvalue weighted by Gasteiger charge is -2.54. The molecule has 0 amide bonds. The summed E-state index contributed by atoms with van der Waals surface area (Å²) in [5.41, 5.74) is 6.72. The van der Waals surface area contributed by atoms with Gasteiger partial charge in [0.05, 0.1) is 0 Å². The number of nitrogens with two attached hydrogens (primary N) is 1. The van der Waals surface area contributed by atoms with E-state index in [2.05, 4.69) is 35.5 Å². The summed E-state index contributed by atoms with van der Waals surface area (Å²) in [5.74, 6) is 4.87. The van der Waals surface area contributed by atoms with Gasteiger partial charge in [0.1, 0.15) is 0 Å². The summed E-state index contributed by atoms with van der Waals surface area (Å²) in [4.78, 5) is 9.77. The van der Waals surface area contributed by atoms with Crippen molar-refractivity contribution in [2.24, 2.45) is 35.3 Å². The van der Waals surface area contributed by atoms with Crippen LogP contribution >= 0.6 is 0 Å². The van der Waals surface area contributed by atoms with Crippen LogP contribution in [-0.4, -0.2) is 75.1 Å². The van der Waals surface area contributed by atoms with Gasteiger partial charge >= 0.3 is 0 Å². The first-order valence-electron chi connectivity index (χ1n) is 26.0. The second-order valence-corrected chi connectivity index (χ2v) is 22.6. The molecule has 8 aliphatic rings. The summed E-state index contributed by atoms with van der Waals surface area (Å²) in [6.45, 7) is 7.69. The van der Waals surface area contributed by atoms with E-state index in [1.165, 1.54) is 186 Å². The van der Waals surface area contributed by atoms with Crippen LogP contribution in [0.4, 0.5) is 0 Å². The minimum atomic E-state index is 0.437. The maximum atomic E-state index is 6.72. The van der Waals surface area contributed by atoms with Gasteiger partial charge in [0.15, 0.2) is 0 Å². The molecule has 8 unspecified atom stereocenters. The number of rotatable bonds is 10. The van der Waals surface area contributed by atoms with E-state index in [0.29, 0.717) is 6.04 Å². The number of hydrogen-bond acceptors (Lipinski definition) is 4. The molecule has 0 saturated heterocycles. The first-order chi connectivity index (χ1) is 26.9. The summed E-state index contributed by atoms with van der Waals surface area (Å²) in [6.07, 6.45) is 48.5. The molecule has 4 nitrogen and oxygen atoms in total. The van der Waals surface area contributed by atoms with Crippen molar-refractivity contribution < 1.29 is 0 Å². The van der Waals surface area contributed by atoms with Crippen molar-refractivity contribution in [2.75, 3.05) is 0 Å². The van der Waals surface area contributed by atoms with Crippen molar-refractivity contribution in [2.45, 2.75) is 293 Å². The minimum absolute atomic E-state index is 0.437. The van der Waals surface area contributed by atoms with Crippen molar-refractivity contribution in [3.63, 3.8) is 0 Å². The van der Waals surface area contributed by atoms with Gasteiger partial charge in [-0.1, -0.05) is 97.8 Å². The summed E-state index contributed by atoms with van der Waals surface area (Å²) < 4.78 is 0. The van der Waals surface area contributed by atoms with Crippen LogP contribution in [0.2, 0.25) is 0 Å². The molecule has 2 N–H and O–H groups in total. The Labute approximate surface area is 342 Å². The summed E-state index contributed by atoms with van der Waals surface area (Å²) in [7, 11) is 0. The standard InChI is InChI=1S/C51H92N4/c1-37-11-7-17-48(33-37)54(49-18-8-12-38(2)34-49)46-29-25-44(26-30-46)53(43-23-21-41(22-24-43)40-14-5-4-6-15-40)45-27-31-47(32-28-45)55(50-19-9-13-39(3)35-50)51-20-10-16-42(52)36-51/h37-51H,4-36,52H2,1-3H3. The Bertz CT molecular complexity index is 1000. The Hall–Kier alpha value is -0.160. The van der Waals surface area contributed by atoms with Gasteiger partial charge in [0.25, 0.3) is 0 Å². The quantitative estimate of drug-likeness (QED) is 0.241. The van der Waals surface area contributed by atoms with Crippen LogP contribution in [0.3, 0.4) is 0 Å². The molecule has 55 heavy (non-hydrogen) atoms. The van der Waals surface area contributed by atoms with E-state index < -0.39 is 0 Å². The van der Waals surface area contributed by atoms with Gasteiger partial charge in [-0.15, -0.1) is 0 Å². The molecule has 0 aromatic carbocycles. The van der Waals surface area contributed by atoms with Gasteiger partial charge < -0.3 is 5.73 Å². The van der Waals surface area contributed by atoms with Gasteiger partial charge in [-0.3, -0.25) is 14.7 Å². The molecule has 8 aliphatic carbocycles. The van der Waals surface area contributed by atoms with Crippen molar-refractivity contribution in [1.82, 2.24) is 14.7 Å². The molecule has 8 saturated carbocycles. The molecule has 4 heteroatoms. The lowest BCUT2D eigenvalue weighted by molar-refractivity contribution is -0.0414. The third kappa shape index (κ3) is 10.4. The van der Waals surface area contributed by atoms with Crippen LogP contribution in [0, 0.1) is 29.6 Å². The SMILES string of the molecule is CC1CCCC(N(C2CCC(N(C3CCC(C4CCCCC4)CC3)C3CCC(N(C4CCCC(C)C4)C4CCCC(N)C4)CC3)CC2)C2CCCC(C)C2)C1. The molecule has 0 spiro atoms. The molecule has 316 valence electrons. The highest BCUT2D eigenvalue weighted by Crippen LogP contribution is 2.45. The van der Waals surface area contributed by atoms with E-state index >= 15 is 0 Å². The Kier molecular flexibility index (Phi) is 15.1. The maximum Gasteiger partial charge on any atom is 0.0116 e. The normalized spacial score (nSPS) is 44.6. The Morgan fingerprint density at radius 3 is 0.945 bits per heavy atom. The van der Waals surface area contributed by atoms with Gasteiger partial charge in [-0.25, -0.2) is 0 Å². The highest BCUT2D eigenvalue weighted by Gasteiger charge is 2.44. The van der Waals surface area contributed by atoms with Gasteiger partial charge in [-0.05, 0) is 164 Å². The second kappa shape index (κ2) is 19.9. The van der Waals surface area contributed by atoms with Gasteiger partial charge in [0.2, 0.25) is 0 Å². The highest BCUT2D eigenvalue weighted by atomic mass is 15.3. The predicted molar refractivity (Wildman–Crippen MR) is 234 cm³/mol. The van der Waals surface area contributed by atoms with Crippen LogP contribution in [-0.2, 0) is 0 Å².